The minimum Gasteiger partial charge on any atom is -0.372 e. The summed E-state index contributed by atoms with van der Waals surface area (Å²) in [6.07, 6.45) is 3.44. The normalized spacial score (nSPS) is 22.8. The molecule has 25 heavy (non-hydrogen) atoms. The molecule has 1 heterocycles. The van der Waals surface area contributed by atoms with Crippen molar-refractivity contribution in [3.63, 3.8) is 0 Å². The molecule has 0 atom stereocenters. The number of nitrogens with one attached hydrogen (secondary N) is 2. The van der Waals surface area contributed by atoms with E-state index in [-0.39, 0.29) is 41.8 Å². The van der Waals surface area contributed by atoms with Gasteiger partial charge in [0.15, 0.2) is 0 Å². The molecule has 4 N–H and O–H groups in total. The number of amides is 1. The highest BCUT2D eigenvalue weighted by atomic mass is 35.5. The first-order chi connectivity index (χ1) is 11.4. The van der Waals surface area contributed by atoms with E-state index in [4.69, 9.17) is 10.5 Å². The second kappa shape index (κ2) is 8.46. The van der Waals surface area contributed by atoms with Crippen LogP contribution in [0.3, 0.4) is 0 Å². The molecular weight excluding hydrogens is 366 g/mol. The molecule has 0 aromatic heterocycles. The number of fused-ring (bicyclic) bond motifs is 1. The molecular formula is C16H24ClN3O4S. The molecule has 0 radical (unpaired) electrons. The van der Waals surface area contributed by atoms with E-state index in [1.165, 1.54) is 6.07 Å². The summed E-state index contributed by atoms with van der Waals surface area (Å²) in [5.41, 5.74) is 7.71. The van der Waals surface area contributed by atoms with Gasteiger partial charge < -0.3 is 15.8 Å². The first-order valence-electron chi connectivity index (χ1n) is 8.18. The molecule has 9 heteroatoms. The van der Waals surface area contributed by atoms with Crippen LogP contribution in [-0.4, -0.2) is 33.0 Å². The summed E-state index contributed by atoms with van der Waals surface area (Å²) < 4.78 is 32.3. The molecule has 1 saturated carbocycles. The summed E-state index contributed by atoms with van der Waals surface area (Å²) in [5, 5.41) is 2.86. The molecule has 1 fully saturated rings. The van der Waals surface area contributed by atoms with Crippen LogP contribution in [-0.2, 0) is 32.8 Å². The zero-order valence-electron chi connectivity index (χ0n) is 13.9. The van der Waals surface area contributed by atoms with Gasteiger partial charge in [-0.25, -0.2) is 13.1 Å². The van der Waals surface area contributed by atoms with Crippen molar-refractivity contribution in [2.24, 2.45) is 5.73 Å². The van der Waals surface area contributed by atoms with Crippen molar-refractivity contribution in [2.45, 2.75) is 55.9 Å². The largest absolute Gasteiger partial charge is 0.372 e. The van der Waals surface area contributed by atoms with Crippen LogP contribution in [0.25, 0.3) is 0 Å². The molecule has 7 nitrogen and oxygen atoms in total. The van der Waals surface area contributed by atoms with E-state index in [1.807, 2.05) is 0 Å². The molecule has 1 aromatic carbocycles. The predicted molar refractivity (Wildman–Crippen MR) is 95.7 cm³/mol. The molecule has 1 aromatic rings. The van der Waals surface area contributed by atoms with Crippen LogP contribution in [0.1, 0.15) is 36.8 Å². The second-order valence-electron chi connectivity index (χ2n) is 6.43. The minimum absolute atomic E-state index is 0. The summed E-state index contributed by atoms with van der Waals surface area (Å²) in [4.78, 5) is 12.1. The van der Waals surface area contributed by atoms with Crippen LogP contribution in [0.15, 0.2) is 23.1 Å². The maximum Gasteiger partial charge on any atom is 0.241 e. The van der Waals surface area contributed by atoms with Crippen LogP contribution in [0.5, 0.6) is 0 Å². The van der Waals surface area contributed by atoms with Crippen LogP contribution < -0.4 is 15.8 Å². The summed E-state index contributed by atoms with van der Waals surface area (Å²) in [6, 6.07) is 5.18. The van der Waals surface area contributed by atoms with Crippen molar-refractivity contribution in [1.82, 2.24) is 10.0 Å². The SMILES string of the molecule is Cl.NC1CCC(NC(=O)CNS(=O)(=O)c2ccc3c(c2)COC3)CC1. The first-order valence-corrected chi connectivity index (χ1v) is 9.66. The van der Waals surface area contributed by atoms with E-state index >= 15 is 0 Å². The van der Waals surface area contributed by atoms with E-state index in [2.05, 4.69) is 10.0 Å². The van der Waals surface area contributed by atoms with E-state index in [1.54, 1.807) is 12.1 Å². The molecule has 0 unspecified atom stereocenters. The number of benzene rings is 1. The third kappa shape index (κ3) is 5.15. The average Bonchev–Trinajstić information content (AvgIpc) is 3.03. The van der Waals surface area contributed by atoms with Crippen molar-refractivity contribution < 1.29 is 17.9 Å². The highest BCUT2D eigenvalue weighted by Crippen LogP contribution is 2.23. The number of hydrogen-bond donors (Lipinski definition) is 3. The third-order valence-corrected chi connectivity index (χ3v) is 5.96. The smallest absolute Gasteiger partial charge is 0.241 e. The molecule has 0 saturated heterocycles. The predicted octanol–water partition coefficient (Wildman–Crippen LogP) is 0.803. The zero-order chi connectivity index (χ0) is 17.2. The van der Waals surface area contributed by atoms with Crippen molar-refractivity contribution in [2.75, 3.05) is 6.54 Å². The van der Waals surface area contributed by atoms with Crippen LogP contribution >= 0.6 is 12.4 Å². The molecule has 2 aliphatic rings. The van der Waals surface area contributed by atoms with Gasteiger partial charge in [-0.1, -0.05) is 6.07 Å². The second-order valence-corrected chi connectivity index (χ2v) is 8.19. The van der Waals surface area contributed by atoms with Crippen LogP contribution in [0.4, 0.5) is 0 Å². The molecule has 1 amide bonds. The van der Waals surface area contributed by atoms with E-state index in [9.17, 15) is 13.2 Å². The monoisotopic (exact) mass is 389 g/mol. The fourth-order valence-electron chi connectivity index (χ4n) is 3.10. The number of hydrogen-bond acceptors (Lipinski definition) is 5. The van der Waals surface area contributed by atoms with Crippen LogP contribution in [0.2, 0.25) is 0 Å². The van der Waals surface area contributed by atoms with Gasteiger partial charge in [-0.2, -0.15) is 0 Å². The maximum absolute atomic E-state index is 12.3. The van der Waals surface area contributed by atoms with Gasteiger partial charge in [0.25, 0.3) is 0 Å². The number of halogens is 1. The number of sulfonamides is 1. The Morgan fingerprint density at radius 1 is 1.16 bits per heavy atom. The Labute approximate surface area is 154 Å². The molecule has 1 aliphatic heterocycles. The maximum atomic E-state index is 12.3. The molecule has 140 valence electrons. The Hall–Kier alpha value is -1.19. The fraction of sp³-hybridized carbons (Fsp3) is 0.562. The van der Waals surface area contributed by atoms with Gasteiger partial charge in [0, 0.05) is 12.1 Å². The van der Waals surface area contributed by atoms with E-state index in [0.717, 1.165) is 36.8 Å². The van der Waals surface area contributed by atoms with Crippen molar-refractivity contribution in [3.8, 4) is 0 Å². The molecule has 1 aliphatic carbocycles. The lowest BCUT2D eigenvalue weighted by Gasteiger charge is -2.26. The van der Waals surface area contributed by atoms with E-state index in [0.29, 0.717) is 13.2 Å². The number of carbonyl (C=O) groups excluding carboxylic acids is 1. The standard InChI is InChI=1S/C16H23N3O4S.ClH/c17-13-2-4-14(5-3-13)19-16(20)8-18-24(21,22)15-6-1-11-9-23-10-12(11)7-15;/h1,6-7,13-14,18H,2-5,8-10,17H2,(H,19,20);1H. The Kier molecular flexibility index (Phi) is 6.81. The van der Waals surface area contributed by atoms with Gasteiger partial charge in [-0.15, -0.1) is 12.4 Å². The lowest BCUT2D eigenvalue weighted by molar-refractivity contribution is -0.120. The van der Waals surface area contributed by atoms with Gasteiger partial charge in [0.2, 0.25) is 15.9 Å². The summed E-state index contributed by atoms with van der Waals surface area (Å²) in [5.74, 6) is -0.316. The number of carbonyl (C=O) groups is 1. The van der Waals surface area contributed by atoms with Gasteiger partial charge in [-0.3, -0.25) is 4.79 Å². The van der Waals surface area contributed by atoms with Gasteiger partial charge >= 0.3 is 0 Å². The molecule has 0 bridgehead atoms. The molecule has 0 spiro atoms. The lowest BCUT2D eigenvalue weighted by atomic mass is 9.92. The number of nitrogens with two attached hydrogens (primary N) is 1. The highest BCUT2D eigenvalue weighted by Gasteiger charge is 2.22. The third-order valence-electron chi connectivity index (χ3n) is 4.56. The van der Waals surface area contributed by atoms with Crippen molar-refractivity contribution >= 4 is 28.3 Å². The number of rotatable bonds is 5. The Morgan fingerprint density at radius 3 is 2.56 bits per heavy atom. The quantitative estimate of drug-likeness (QED) is 0.690. The summed E-state index contributed by atoms with van der Waals surface area (Å²) in [7, 11) is -3.71. The Balaban J connectivity index is 0.00000225. The van der Waals surface area contributed by atoms with Gasteiger partial charge in [0.1, 0.15) is 0 Å². The topological polar surface area (TPSA) is 111 Å². The van der Waals surface area contributed by atoms with Gasteiger partial charge in [-0.05, 0) is 48.9 Å². The summed E-state index contributed by atoms with van der Waals surface area (Å²) in [6.45, 7) is 0.665. The van der Waals surface area contributed by atoms with Crippen molar-refractivity contribution in [3.05, 3.63) is 29.3 Å². The first kappa shape index (κ1) is 20.1. The van der Waals surface area contributed by atoms with Crippen LogP contribution in [0, 0.1) is 0 Å². The zero-order valence-corrected chi connectivity index (χ0v) is 15.5. The minimum atomic E-state index is -3.71. The molecule has 3 rings (SSSR count). The highest BCUT2D eigenvalue weighted by molar-refractivity contribution is 7.89. The number of ether oxygens (including phenoxy) is 1. The Bertz CT molecular complexity index is 718. The lowest BCUT2D eigenvalue weighted by Crippen LogP contribution is -2.44. The Morgan fingerprint density at radius 2 is 1.84 bits per heavy atom. The average molecular weight is 390 g/mol. The summed E-state index contributed by atoms with van der Waals surface area (Å²) >= 11 is 0. The fourth-order valence-corrected chi connectivity index (χ4v) is 4.13. The van der Waals surface area contributed by atoms with Crippen molar-refractivity contribution in [1.29, 1.82) is 0 Å². The van der Waals surface area contributed by atoms with E-state index < -0.39 is 10.0 Å². The van der Waals surface area contributed by atoms with Gasteiger partial charge in [0.05, 0.1) is 24.7 Å².